The molecule has 0 amide bonds. The smallest absolute Gasteiger partial charge is 0.306 e. The van der Waals surface area contributed by atoms with Crippen LogP contribution in [0.3, 0.4) is 0 Å². The summed E-state index contributed by atoms with van der Waals surface area (Å²) in [5.74, 6) is -0.617. The van der Waals surface area contributed by atoms with Crippen LogP contribution in [0.1, 0.15) is 64.2 Å². The highest BCUT2D eigenvalue weighted by atomic mass is 28.2. The van der Waals surface area contributed by atoms with Crippen molar-refractivity contribution in [3.05, 3.63) is 0 Å². The Kier molecular flexibility index (Phi) is 22.8. The van der Waals surface area contributed by atoms with E-state index < -0.39 is 0 Å². The zero-order valence-electron chi connectivity index (χ0n) is 20.7. The first-order chi connectivity index (χ1) is 15.6. The van der Waals surface area contributed by atoms with E-state index in [2.05, 4.69) is 0 Å². The predicted molar refractivity (Wildman–Crippen MR) is 130 cm³/mol. The van der Waals surface area contributed by atoms with Crippen molar-refractivity contribution in [2.24, 2.45) is 0 Å². The number of rotatable bonds is 23. The van der Waals surface area contributed by atoms with Crippen LogP contribution in [0.25, 0.3) is 0 Å². The molecule has 0 aromatic rings. The van der Waals surface area contributed by atoms with Gasteiger partial charge in [0.2, 0.25) is 0 Å². The van der Waals surface area contributed by atoms with Gasteiger partial charge in [0.25, 0.3) is 0 Å². The van der Waals surface area contributed by atoms with E-state index in [4.69, 9.17) is 28.4 Å². The quantitative estimate of drug-likeness (QED) is 0.0925. The molecule has 0 aliphatic rings. The molecule has 10 heteroatoms. The van der Waals surface area contributed by atoms with E-state index in [1.165, 1.54) is 24.9 Å². The standard InChI is InChI=1S/C22H46O8Si2/c1-25-21(26-2)31-17-11-7-5-9-15-29-19(23)13-14-20(24)30-16-10-6-8-12-18-32-22(27-3)28-4/h21-22H,5-18,31-32H2,1-4H3. The minimum atomic E-state index is -0.341. The van der Waals surface area contributed by atoms with Crippen molar-refractivity contribution in [3.63, 3.8) is 0 Å². The second-order valence-corrected chi connectivity index (χ2v) is 11.8. The molecule has 0 bridgehead atoms. The Morgan fingerprint density at radius 3 is 1.25 bits per heavy atom. The van der Waals surface area contributed by atoms with E-state index >= 15 is 0 Å². The molecule has 0 saturated heterocycles. The number of esters is 2. The molecule has 32 heavy (non-hydrogen) atoms. The number of methoxy groups -OCH3 is 4. The predicted octanol–water partition coefficient (Wildman–Crippen LogP) is 2.30. The van der Waals surface area contributed by atoms with Gasteiger partial charge in [-0.2, -0.15) is 0 Å². The van der Waals surface area contributed by atoms with Crippen molar-refractivity contribution < 1.29 is 38.0 Å². The van der Waals surface area contributed by atoms with E-state index in [1.807, 2.05) is 0 Å². The third-order valence-electron chi connectivity index (χ3n) is 5.28. The van der Waals surface area contributed by atoms with Crippen molar-refractivity contribution in [1.29, 1.82) is 0 Å². The largest absolute Gasteiger partial charge is 0.466 e. The highest BCUT2D eigenvalue weighted by Gasteiger charge is 2.09. The van der Waals surface area contributed by atoms with Crippen molar-refractivity contribution >= 4 is 31.0 Å². The number of ether oxygens (including phenoxy) is 6. The Labute approximate surface area is 199 Å². The van der Waals surface area contributed by atoms with E-state index in [-0.39, 0.29) is 55.6 Å². The lowest BCUT2D eigenvalue weighted by Crippen LogP contribution is -2.20. The number of carbonyl (C=O) groups is 2. The summed E-state index contributed by atoms with van der Waals surface area (Å²) in [5, 5.41) is 0. The van der Waals surface area contributed by atoms with Crippen molar-refractivity contribution in [3.8, 4) is 0 Å². The summed E-state index contributed by atoms with van der Waals surface area (Å²) >= 11 is 0. The van der Waals surface area contributed by atoms with Crippen LogP contribution in [0.5, 0.6) is 0 Å². The van der Waals surface area contributed by atoms with Gasteiger partial charge in [-0.15, -0.1) is 0 Å². The summed E-state index contributed by atoms with van der Waals surface area (Å²) in [4.78, 5) is 23.5. The molecule has 8 nitrogen and oxygen atoms in total. The molecule has 0 heterocycles. The van der Waals surface area contributed by atoms with Gasteiger partial charge in [0.05, 0.1) is 45.1 Å². The lowest BCUT2D eigenvalue weighted by molar-refractivity contribution is -0.150. The Morgan fingerprint density at radius 1 is 0.562 bits per heavy atom. The second kappa shape index (κ2) is 23.4. The summed E-state index contributed by atoms with van der Waals surface area (Å²) in [6.45, 7) is 0.838. The number of carbonyl (C=O) groups excluding carboxylic acids is 2. The molecular weight excluding hydrogens is 448 g/mol. The van der Waals surface area contributed by atoms with Crippen LogP contribution in [0, 0.1) is 0 Å². The number of hydrogen-bond acceptors (Lipinski definition) is 8. The van der Waals surface area contributed by atoms with Gasteiger partial charge < -0.3 is 28.4 Å². The Balaban J connectivity index is 3.43. The van der Waals surface area contributed by atoms with Crippen LogP contribution < -0.4 is 0 Å². The van der Waals surface area contributed by atoms with Gasteiger partial charge in [0.1, 0.15) is 11.8 Å². The SMILES string of the molecule is COC(OC)[SiH2]CCCCCCOC(=O)CCC(=O)OCCCCCC[SiH2]C(OC)OC. The molecule has 0 rings (SSSR count). The van der Waals surface area contributed by atoms with E-state index in [0.29, 0.717) is 13.2 Å². The molecule has 0 fully saturated rings. The molecule has 0 aromatic carbocycles. The molecule has 0 aliphatic carbocycles. The second-order valence-electron chi connectivity index (χ2n) is 7.86. The zero-order chi connectivity index (χ0) is 23.9. The summed E-state index contributed by atoms with van der Waals surface area (Å²) in [6, 6.07) is 2.39. The molecule has 0 aromatic heterocycles. The fourth-order valence-electron chi connectivity index (χ4n) is 3.27. The average Bonchev–Trinajstić information content (AvgIpc) is 2.81. The summed E-state index contributed by atoms with van der Waals surface area (Å²) in [5.41, 5.74) is 0. The van der Waals surface area contributed by atoms with Gasteiger partial charge in [-0.1, -0.05) is 50.6 Å². The van der Waals surface area contributed by atoms with E-state index in [1.54, 1.807) is 28.4 Å². The molecule has 0 N–H and O–H groups in total. The van der Waals surface area contributed by atoms with Crippen LogP contribution in [-0.4, -0.2) is 84.5 Å². The van der Waals surface area contributed by atoms with Gasteiger partial charge in [-0.3, -0.25) is 9.59 Å². The molecule has 190 valence electrons. The lowest BCUT2D eigenvalue weighted by atomic mass is 10.2. The summed E-state index contributed by atoms with van der Waals surface area (Å²) in [6.07, 6.45) is 8.55. The first-order valence-corrected chi connectivity index (χ1v) is 15.6. The molecule has 0 radical (unpaired) electrons. The van der Waals surface area contributed by atoms with Crippen LogP contribution in [0.4, 0.5) is 0 Å². The van der Waals surface area contributed by atoms with Crippen LogP contribution in [-0.2, 0) is 38.0 Å². The highest BCUT2D eigenvalue weighted by molar-refractivity contribution is 6.36. The monoisotopic (exact) mass is 494 g/mol. The van der Waals surface area contributed by atoms with Gasteiger partial charge in [0, 0.05) is 28.4 Å². The Hall–Kier alpha value is -0.786. The first kappa shape index (κ1) is 31.2. The van der Waals surface area contributed by atoms with Crippen molar-refractivity contribution in [2.75, 3.05) is 41.7 Å². The minimum Gasteiger partial charge on any atom is -0.466 e. The average molecular weight is 495 g/mol. The molecule has 0 saturated carbocycles. The molecule has 0 unspecified atom stereocenters. The third kappa shape index (κ3) is 19.9. The minimum absolute atomic E-state index is 0.0185. The first-order valence-electron chi connectivity index (χ1n) is 12.0. The maximum absolute atomic E-state index is 11.7. The van der Waals surface area contributed by atoms with Gasteiger partial charge in [0.15, 0.2) is 0 Å². The van der Waals surface area contributed by atoms with Crippen LogP contribution in [0.2, 0.25) is 12.1 Å². The third-order valence-corrected chi connectivity index (χ3v) is 9.37. The molecular formula is C22H46O8Si2. The lowest BCUT2D eigenvalue weighted by Gasteiger charge is -2.12. The van der Waals surface area contributed by atoms with Crippen LogP contribution >= 0.6 is 0 Å². The van der Waals surface area contributed by atoms with E-state index in [9.17, 15) is 9.59 Å². The van der Waals surface area contributed by atoms with Crippen LogP contribution in [0.15, 0.2) is 0 Å². The zero-order valence-corrected chi connectivity index (χ0v) is 23.6. The van der Waals surface area contributed by atoms with Crippen molar-refractivity contribution in [2.45, 2.75) is 88.1 Å². The summed E-state index contributed by atoms with van der Waals surface area (Å²) in [7, 11) is 6.05. The maximum Gasteiger partial charge on any atom is 0.306 e. The number of unbranched alkanes of at least 4 members (excludes halogenated alkanes) is 6. The highest BCUT2D eigenvalue weighted by Crippen LogP contribution is 2.07. The Morgan fingerprint density at radius 2 is 0.906 bits per heavy atom. The molecule has 0 aliphatic heterocycles. The van der Waals surface area contributed by atoms with E-state index in [0.717, 1.165) is 38.5 Å². The van der Waals surface area contributed by atoms with Gasteiger partial charge >= 0.3 is 11.9 Å². The Bertz CT molecular complexity index is 406. The maximum atomic E-state index is 11.7. The molecule has 0 atom stereocenters. The van der Waals surface area contributed by atoms with Gasteiger partial charge in [-0.05, 0) is 12.8 Å². The summed E-state index contributed by atoms with van der Waals surface area (Å²) < 4.78 is 31.2. The normalized spacial score (nSPS) is 12.1. The molecule has 0 spiro atoms. The number of hydrogen-bond donors (Lipinski definition) is 0. The fraction of sp³-hybridized carbons (Fsp3) is 0.909. The van der Waals surface area contributed by atoms with Gasteiger partial charge in [-0.25, -0.2) is 0 Å². The van der Waals surface area contributed by atoms with Crippen molar-refractivity contribution in [1.82, 2.24) is 0 Å². The topological polar surface area (TPSA) is 89.5 Å². The fourth-order valence-corrected chi connectivity index (χ4v) is 6.17.